The minimum absolute atomic E-state index is 0.0727. The van der Waals surface area contributed by atoms with Crippen LogP contribution in [0.2, 0.25) is 0 Å². The standard InChI is InChI=1S/C16H17BrN2O3/c1-11(20)12-9-15(18-10-12)16(21)19(2)7-8-22-14-5-3-13(17)4-6-14/h3-6,9-10,18H,7-8H2,1-2H3. The Bertz CT molecular complexity index is 664. The van der Waals surface area contributed by atoms with Gasteiger partial charge in [-0.3, -0.25) is 9.59 Å². The van der Waals surface area contributed by atoms with Gasteiger partial charge >= 0.3 is 0 Å². The van der Waals surface area contributed by atoms with E-state index in [0.717, 1.165) is 10.2 Å². The molecule has 0 unspecified atom stereocenters. The highest BCUT2D eigenvalue weighted by atomic mass is 79.9. The summed E-state index contributed by atoms with van der Waals surface area (Å²) in [4.78, 5) is 27.8. The number of Topliss-reactive ketones (excluding diaryl/α,β-unsaturated/α-hetero) is 1. The largest absolute Gasteiger partial charge is 0.492 e. The predicted molar refractivity (Wildman–Crippen MR) is 87.4 cm³/mol. The molecule has 0 saturated carbocycles. The number of aromatic nitrogens is 1. The highest BCUT2D eigenvalue weighted by Crippen LogP contribution is 2.16. The van der Waals surface area contributed by atoms with Gasteiger partial charge in [-0.05, 0) is 37.3 Å². The molecule has 0 radical (unpaired) electrons. The van der Waals surface area contributed by atoms with Gasteiger partial charge in [-0.1, -0.05) is 15.9 Å². The normalized spacial score (nSPS) is 10.3. The second-order valence-electron chi connectivity index (χ2n) is 4.89. The lowest BCUT2D eigenvalue weighted by Crippen LogP contribution is -2.31. The average molecular weight is 365 g/mol. The molecule has 0 aliphatic heterocycles. The van der Waals surface area contributed by atoms with Gasteiger partial charge in [0.05, 0.1) is 6.54 Å². The van der Waals surface area contributed by atoms with Crippen LogP contribution in [0, 0.1) is 0 Å². The summed E-state index contributed by atoms with van der Waals surface area (Å²) in [6.45, 7) is 2.31. The van der Waals surface area contributed by atoms with Crippen LogP contribution in [-0.4, -0.2) is 41.8 Å². The second kappa shape index (κ2) is 7.26. The Kier molecular flexibility index (Phi) is 5.38. The van der Waals surface area contributed by atoms with Gasteiger partial charge in [-0.2, -0.15) is 0 Å². The van der Waals surface area contributed by atoms with E-state index in [1.165, 1.54) is 6.92 Å². The summed E-state index contributed by atoms with van der Waals surface area (Å²) in [6, 6.07) is 9.07. The molecule has 1 amide bonds. The Balaban J connectivity index is 1.85. The van der Waals surface area contributed by atoms with Gasteiger partial charge in [0, 0.05) is 23.3 Å². The molecule has 0 fully saturated rings. The van der Waals surface area contributed by atoms with E-state index in [1.54, 1.807) is 24.2 Å². The number of halogens is 1. The number of ether oxygens (including phenoxy) is 1. The van der Waals surface area contributed by atoms with Crippen LogP contribution in [0.4, 0.5) is 0 Å². The molecule has 2 rings (SSSR count). The number of aromatic amines is 1. The maximum atomic E-state index is 12.2. The van der Waals surface area contributed by atoms with Crippen LogP contribution in [0.25, 0.3) is 0 Å². The quantitative estimate of drug-likeness (QED) is 0.800. The van der Waals surface area contributed by atoms with Gasteiger partial charge in [0.25, 0.3) is 5.91 Å². The van der Waals surface area contributed by atoms with Gasteiger partial charge in [0.2, 0.25) is 0 Å². The summed E-state index contributed by atoms with van der Waals surface area (Å²) in [5.41, 5.74) is 0.902. The lowest BCUT2D eigenvalue weighted by atomic mass is 10.2. The van der Waals surface area contributed by atoms with Gasteiger partial charge in [-0.25, -0.2) is 0 Å². The third-order valence-electron chi connectivity index (χ3n) is 3.18. The van der Waals surface area contributed by atoms with Gasteiger partial charge in [0.1, 0.15) is 18.1 Å². The SMILES string of the molecule is CC(=O)c1c[nH]c(C(=O)N(C)CCOc2ccc(Br)cc2)c1. The van der Waals surface area contributed by atoms with Crippen LogP contribution in [0.15, 0.2) is 41.0 Å². The highest BCUT2D eigenvalue weighted by molar-refractivity contribution is 9.10. The zero-order valence-corrected chi connectivity index (χ0v) is 14.0. The Labute approximate surface area is 137 Å². The molecule has 6 heteroatoms. The summed E-state index contributed by atoms with van der Waals surface area (Å²) in [6.07, 6.45) is 1.54. The van der Waals surface area contributed by atoms with E-state index >= 15 is 0 Å². The first-order valence-corrected chi connectivity index (χ1v) is 7.60. The van der Waals surface area contributed by atoms with Crippen LogP contribution in [0.3, 0.4) is 0 Å². The third kappa shape index (κ3) is 4.21. The molecule has 1 N–H and O–H groups in total. The number of nitrogens with one attached hydrogen (secondary N) is 1. The van der Waals surface area contributed by atoms with E-state index in [9.17, 15) is 9.59 Å². The van der Waals surface area contributed by atoms with Crippen molar-refractivity contribution in [3.05, 3.63) is 52.3 Å². The molecule has 0 spiro atoms. The molecule has 0 bridgehead atoms. The van der Waals surface area contributed by atoms with Crippen molar-refractivity contribution < 1.29 is 14.3 Å². The van der Waals surface area contributed by atoms with Crippen LogP contribution < -0.4 is 4.74 Å². The van der Waals surface area contributed by atoms with Gasteiger partial charge in [-0.15, -0.1) is 0 Å². The van der Waals surface area contributed by atoms with Gasteiger partial charge < -0.3 is 14.6 Å². The minimum Gasteiger partial charge on any atom is -0.492 e. The lowest BCUT2D eigenvalue weighted by Gasteiger charge is -2.16. The van der Waals surface area contributed by atoms with Crippen molar-refractivity contribution in [2.75, 3.05) is 20.2 Å². The van der Waals surface area contributed by atoms with E-state index in [-0.39, 0.29) is 11.7 Å². The number of hydrogen-bond acceptors (Lipinski definition) is 3. The van der Waals surface area contributed by atoms with E-state index in [1.807, 2.05) is 24.3 Å². The van der Waals surface area contributed by atoms with E-state index < -0.39 is 0 Å². The molecule has 1 heterocycles. The van der Waals surface area contributed by atoms with Crippen molar-refractivity contribution >= 4 is 27.6 Å². The van der Waals surface area contributed by atoms with Crippen molar-refractivity contribution in [2.24, 2.45) is 0 Å². The molecule has 2 aromatic rings. The average Bonchev–Trinajstić information content (AvgIpc) is 2.98. The van der Waals surface area contributed by atoms with Crippen molar-refractivity contribution in [1.29, 1.82) is 0 Å². The van der Waals surface area contributed by atoms with Crippen molar-refractivity contribution in [3.8, 4) is 5.75 Å². The van der Waals surface area contributed by atoms with Crippen molar-refractivity contribution in [3.63, 3.8) is 0 Å². The number of carbonyl (C=O) groups excluding carboxylic acids is 2. The molecule has 0 aliphatic rings. The molecular formula is C16H17BrN2O3. The maximum absolute atomic E-state index is 12.2. The fourth-order valence-corrected chi connectivity index (χ4v) is 2.12. The molecule has 0 aliphatic carbocycles. The highest BCUT2D eigenvalue weighted by Gasteiger charge is 2.14. The first kappa shape index (κ1) is 16.3. The Morgan fingerprint density at radius 2 is 1.95 bits per heavy atom. The summed E-state index contributed by atoms with van der Waals surface area (Å²) < 4.78 is 6.57. The van der Waals surface area contributed by atoms with Crippen molar-refractivity contribution in [1.82, 2.24) is 9.88 Å². The zero-order valence-electron chi connectivity index (χ0n) is 12.4. The van der Waals surface area contributed by atoms with E-state index in [4.69, 9.17) is 4.74 Å². The molecule has 0 atom stereocenters. The first-order chi connectivity index (χ1) is 10.5. The van der Waals surface area contributed by atoms with Crippen LogP contribution in [0.1, 0.15) is 27.8 Å². The Morgan fingerprint density at radius 3 is 2.55 bits per heavy atom. The summed E-state index contributed by atoms with van der Waals surface area (Å²) >= 11 is 3.36. The lowest BCUT2D eigenvalue weighted by molar-refractivity contribution is 0.0768. The van der Waals surface area contributed by atoms with Gasteiger partial charge in [0.15, 0.2) is 5.78 Å². The maximum Gasteiger partial charge on any atom is 0.270 e. The minimum atomic E-state index is -0.174. The number of hydrogen-bond donors (Lipinski definition) is 1. The molecule has 22 heavy (non-hydrogen) atoms. The molecule has 5 nitrogen and oxygen atoms in total. The summed E-state index contributed by atoms with van der Waals surface area (Å²) in [5, 5.41) is 0. The van der Waals surface area contributed by atoms with Crippen LogP contribution in [0.5, 0.6) is 5.75 Å². The smallest absolute Gasteiger partial charge is 0.270 e. The van der Waals surface area contributed by atoms with Crippen LogP contribution >= 0.6 is 15.9 Å². The fraction of sp³-hybridized carbons (Fsp3) is 0.250. The Hall–Kier alpha value is -2.08. The number of amides is 1. The predicted octanol–water partition coefficient (Wildman–Crippen LogP) is 3.13. The van der Waals surface area contributed by atoms with E-state index in [2.05, 4.69) is 20.9 Å². The number of benzene rings is 1. The summed E-state index contributed by atoms with van der Waals surface area (Å²) in [7, 11) is 1.70. The molecule has 1 aromatic heterocycles. The zero-order chi connectivity index (χ0) is 16.1. The fourth-order valence-electron chi connectivity index (χ4n) is 1.86. The number of carbonyl (C=O) groups is 2. The topological polar surface area (TPSA) is 62.4 Å². The number of H-pyrrole nitrogens is 1. The molecule has 116 valence electrons. The second-order valence-corrected chi connectivity index (χ2v) is 5.80. The monoisotopic (exact) mass is 364 g/mol. The molecular weight excluding hydrogens is 348 g/mol. The van der Waals surface area contributed by atoms with E-state index in [0.29, 0.717) is 24.4 Å². The number of nitrogens with zero attached hydrogens (tertiary/aromatic N) is 1. The molecule has 1 aromatic carbocycles. The third-order valence-corrected chi connectivity index (χ3v) is 3.70. The summed E-state index contributed by atoms with van der Waals surface area (Å²) in [5.74, 6) is 0.506. The van der Waals surface area contributed by atoms with Crippen molar-refractivity contribution in [2.45, 2.75) is 6.92 Å². The van der Waals surface area contributed by atoms with Crippen LogP contribution in [-0.2, 0) is 0 Å². The molecule has 0 saturated heterocycles. The Morgan fingerprint density at radius 1 is 1.27 bits per heavy atom. The number of rotatable bonds is 6. The first-order valence-electron chi connectivity index (χ1n) is 6.80. The number of ketones is 1. The number of likely N-dealkylation sites (N-methyl/N-ethyl adjacent to an activating group) is 1.